The van der Waals surface area contributed by atoms with Crippen LogP contribution in [0.5, 0.6) is 0 Å². The first-order valence-electron chi connectivity index (χ1n) is 5.32. The predicted octanol–water partition coefficient (Wildman–Crippen LogP) is 2.31. The first kappa shape index (κ1) is 11.7. The fourth-order valence-electron chi connectivity index (χ4n) is 1.67. The minimum atomic E-state index is -0.801. The maximum Gasteiger partial charge on any atom is 0.123 e. The first-order chi connectivity index (χ1) is 8.08. The Bertz CT molecular complexity index is 525. The Hall–Kier alpha value is -1.81. The van der Waals surface area contributed by atoms with E-state index in [9.17, 15) is 9.50 Å². The topological polar surface area (TPSA) is 46.0 Å². The lowest BCUT2D eigenvalue weighted by Gasteiger charge is -2.13. The van der Waals surface area contributed by atoms with Crippen LogP contribution in [0.25, 0.3) is 0 Å². The van der Waals surface area contributed by atoms with Crippen molar-refractivity contribution in [2.45, 2.75) is 20.0 Å². The van der Waals surface area contributed by atoms with E-state index >= 15 is 0 Å². The average Bonchev–Trinajstić information content (AvgIpc) is 2.32. The number of aromatic nitrogens is 2. The standard InChI is InChI=1S/C13H13FN2O/c1-8-7-12(9(2)16-15-8)13(17)10-3-5-11(14)6-4-10/h3-7,13,17H,1-2H3. The number of benzene rings is 1. The van der Waals surface area contributed by atoms with E-state index in [1.807, 2.05) is 6.92 Å². The van der Waals surface area contributed by atoms with Crippen LogP contribution in [0, 0.1) is 19.7 Å². The molecule has 0 fully saturated rings. The van der Waals surface area contributed by atoms with Gasteiger partial charge in [-0.15, -0.1) is 0 Å². The number of halogens is 1. The van der Waals surface area contributed by atoms with Gasteiger partial charge in [0.05, 0.1) is 11.4 Å². The summed E-state index contributed by atoms with van der Waals surface area (Å²) in [5.41, 5.74) is 2.75. The Morgan fingerprint density at radius 3 is 2.41 bits per heavy atom. The second-order valence-electron chi connectivity index (χ2n) is 3.98. The van der Waals surface area contributed by atoms with Crippen molar-refractivity contribution in [2.75, 3.05) is 0 Å². The van der Waals surface area contributed by atoms with Crippen molar-refractivity contribution in [3.8, 4) is 0 Å². The van der Waals surface area contributed by atoms with E-state index in [0.717, 1.165) is 5.69 Å². The molecule has 88 valence electrons. The highest BCUT2D eigenvalue weighted by Crippen LogP contribution is 2.23. The van der Waals surface area contributed by atoms with Crippen molar-refractivity contribution in [1.82, 2.24) is 10.2 Å². The second-order valence-corrected chi connectivity index (χ2v) is 3.98. The van der Waals surface area contributed by atoms with Gasteiger partial charge in [-0.25, -0.2) is 4.39 Å². The number of hydrogen-bond acceptors (Lipinski definition) is 3. The molecule has 1 atom stereocenters. The van der Waals surface area contributed by atoms with Crippen LogP contribution >= 0.6 is 0 Å². The summed E-state index contributed by atoms with van der Waals surface area (Å²) in [5, 5.41) is 18.1. The molecule has 0 aliphatic rings. The minimum Gasteiger partial charge on any atom is -0.384 e. The number of rotatable bonds is 2. The Morgan fingerprint density at radius 1 is 1.12 bits per heavy atom. The molecule has 0 amide bonds. The van der Waals surface area contributed by atoms with Crippen LogP contribution in [-0.4, -0.2) is 15.3 Å². The number of aryl methyl sites for hydroxylation is 2. The molecule has 1 unspecified atom stereocenters. The second kappa shape index (κ2) is 4.59. The van der Waals surface area contributed by atoms with Crippen LogP contribution in [0.1, 0.15) is 28.6 Å². The van der Waals surface area contributed by atoms with Crippen molar-refractivity contribution in [3.63, 3.8) is 0 Å². The third-order valence-electron chi connectivity index (χ3n) is 2.62. The Labute approximate surface area is 99.0 Å². The molecule has 0 bridgehead atoms. The Kier molecular flexibility index (Phi) is 3.15. The summed E-state index contributed by atoms with van der Waals surface area (Å²) in [6, 6.07) is 7.57. The summed E-state index contributed by atoms with van der Waals surface area (Å²) in [4.78, 5) is 0. The average molecular weight is 232 g/mol. The molecule has 2 aromatic rings. The summed E-state index contributed by atoms with van der Waals surface area (Å²) in [7, 11) is 0. The van der Waals surface area contributed by atoms with Crippen LogP contribution < -0.4 is 0 Å². The van der Waals surface area contributed by atoms with Crippen LogP contribution in [0.15, 0.2) is 30.3 Å². The zero-order valence-electron chi connectivity index (χ0n) is 9.68. The molecule has 0 aliphatic heterocycles. The zero-order chi connectivity index (χ0) is 12.4. The lowest BCUT2D eigenvalue weighted by Crippen LogP contribution is -2.05. The normalized spacial score (nSPS) is 12.5. The number of aliphatic hydroxyl groups excluding tert-OH is 1. The molecular formula is C13H13FN2O. The molecule has 2 rings (SSSR count). The molecule has 0 radical (unpaired) electrons. The number of hydrogen-bond donors (Lipinski definition) is 1. The highest BCUT2D eigenvalue weighted by atomic mass is 19.1. The molecule has 3 nitrogen and oxygen atoms in total. The molecular weight excluding hydrogens is 219 g/mol. The fraction of sp³-hybridized carbons (Fsp3) is 0.231. The Morgan fingerprint density at radius 2 is 1.76 bits per heavy atom. The first-order valence-corrected chi connectivity index (χ1v) is 5.32. The highest BCUT2D eigenvalue weighted by molar-refractivity contribution is 5.32. The summed E-state index contributed by atoms with van der Waals surface area (Å²) in [6.45, 7) is 3.60. The van der Waals surface area contributed by atoms with Gasteiger partial charge in [0.2, 0.25) is 0 Å². The third kappa shape index (κ3) is 2.47. The van der Waals surface area contributed by atoms with E-state index < -0.39 is 6.10 Å². The van der Waals surface area contributed by atoms with Crippen molar-refractivity contribution >= 4 is 0 Å². The van der Waals surface area contributed by atoms with Gasteiger partial charge in [0, 0.05) is 5.56 Å². The maximum atomic E-state index is 12.8. The largest absolute Gasteiger partial charge is 0.384 e. The lowest BCUT2D eigenvalue weighted by molar-refractivity contribution is 0.218. The minimum absolute atomic E-state index is 0.318. The molecule has 4 heteroatoms. The van der Waals surface area contributed by atoms with E-state index in [1.165, 1.54) is 12.1 Å². The van der Waals surface area contributed by atoms with Crippen LogP contribution in [0.3, 0.4) is 0 Å². The van der Waals surface area contributed by atoms with E-state index in [-0.39, 0.29) is 5.82 Å². The zero-order valence-corrected chi connectivity index (χ0v) is 9.68. The molecule has 1 aromatic heterocycles. The number of nitrogens with zero attached hydrogens (tertiary/aromatic N) is 2. The molecule has 1 heterocycles. The van der Waals surface area contributed by atoms with Crippen LogP contribution in [0.4, 0.5) is 4.39 Å². The summed E-state index contributed by atoms with van der Waals surface area (Å²) < 4.78 is 12.8. The summed E-state index contributed by atoms with van der Waals surface area (Å²) >= 11 is 0. The monoisotopic (exact) mass is 232 g/mol. The summed E-state index contributed by atoms with van der Waals surface area (Å²) in [6.07, 6.45) is -0.801. The van der Waals surface area contributed by atoms with Gasteiger partial charge >= 0.3 is 0 Å². The van der Waals surface area contributed by atoms with Gasteiger partial charge in [-0.3, -0.25) is 0 Å². The third-order valence-corrected chi connectivity index (χ3v) is 2.62. The van der Waals surface area contributed by atoms with Crippen molar-refractivity contribution < 1.29 is 9.50 Å². The SMILES string of the molecule is Cc1cc(C(O)c2ccc(F)cc2)c(C)nn1. The highest BCUT2D eigenvalue weighted by Gasteiger charge is 2.14. The predicted molar refractivity (Wildman–Crippen MR) is 62.0 cm³/mol. The van der Waals surface area contributed by atoms with Crippen molar-refractivity contribution in [3.05, 3.63) is 58.7 Å². The van der Waals surface area contributed by atoms with E-state index in [1.54, 1.807) is 25.1 Å². The Balaban J connectivity index is 2.39. The van der Waals surface area contributed by atoms with Gasteiger partial charge in [0.25, 0.3) is 0 Å². The number of aliphatic hydroxyl groups is 1. The van der Waals surface area contributed by atoms with Crippen LogP contribution in [-0.2, 0) is 0 Å². The van der Waals surface area contributed by atoms with Gasteiger partial charge in [0.1, 0.15) is 11.9 Å². The van der Waals surface area contributed by atoms with E-state index in [4.69, 9.17) is 0 Å². The molecule has 0 spiro atoms. The molecule has 0 aliphatic carbocycles. The quantitative estimate of drug-likeness (QED) is 0.864. The van der Waals surface area contributed by atoms with Crippen LogP contribution in [0.2, 0.25) is 0 Å². The van der Waals surface area contributed by atoms with Crippen molar-refractivity contribution in [2.24, 2.45) is 0 Å². The lowest BCUT2D eigenvalue weighted by atomic mass is 10.0. The molecule has 0 saturated heterocycles. The molecule has 1 aromatic carbocycles. The van der Waals surface area contributed by atoms with E-state index in [2.05, 4.69) is 10.2 Å². The van der Waals surface area contributed by atoms with Gasteiger partial charge in [0.15, 0.2) is 0 Å². The molecule has 0 saturated carbocycles. The van der Waals surface area contributed by atoms with Crippen molar-refractivity contribution in [1.29, 1.82) is 0 Å². The van der Waals surface area contributed by atoms with E-state index in [0.29, 0.717) is 16.8 Å². The maximum absolute atomic E-state index is 12.8. The smallest absolute Gasteiger partial charge is 0.123 e. The molecule has 17 heavy (non-hydrogen) atoms. The van der Waals surface area contributed by atoms with Gasteiger partial charge < -0.3 is 5.11 Å². The van der Waals surface area contributed by atoms with Gasteiger partial charge in [-0.1, -0.05) is 12.1 Å². The van der Waals surface area contributed by atoms with Gasteiger partial charge in [-0.2, -0.15) is 10.2 Å². The van der Waals surface area contributed by atoms with Gasteiger partial charge in [-0.05, 0) is 37.6 Å². The fourth-order valence-corrected chi connectivity index (χ4v) is 1.67. The summed E-state index contributed by atoms with van der Waals surface area (Å²) in [5.74, 6) is -0.318. The molecule has 1 N–H and O–H groups in total.